The maximum absolute atomic E-state index is 11.1. The molecule has 0 aromatic rings. The lowest BCUT2D eigenvalue weighted by Crippen LogP contribution is -2.10. The Morgan fingerprint density at radius 2 is 1.12 bits per heavy atom. The minimum Gasteiger partial charge on any atom is -0.247 e. The molecule has 0 bridgehead atoms. The molecule has 100 valence electrons. The highest BCUT2D eigenvalue weighted by Crippen LogP contribution is 2.05. The summed E-state index contributed by atoms with van der Waals surface area (Å²) in [6.07, 6.45) is 7.49. The highest BCUT2D eigenvalue weighted by atomic mass is 17.2. The van der Waals surface area contributed by atoms with E-state index >= 15 is 0 Å². The Labute approximate surface area is 104 Å². The van der Waals surface area contributed by atoms with E-state index in [4.69, 9.17) is 0 Å². The zero-order valence-electron chi connectivity index (χ0n) is 11.0. The van der Waals surface area contributed by atoms with Crippen LogP contribution in [0.2, 0.25) is 0 Å². The van der Waals surface area contributed by atoms with E-state index in [1.54, 1.807) is 0 Å². The molecule has 0 atom stereocenters. The molecule has 0 N–H and O–H groups in total. The maximum atomic E-state index is 11.1. The van der Waals surface area contributed by atoms with Gasteiger partial charge >= 0.3 is 11.9 Å². The number of rotatable bonds is 9. The summed E-state index contributed by atoms with van der Waals surface area (Å²) in [4.78, 5) is 31.1. The van der Waals surface area contributed by atoms with Gasteiger partial charge in [0.25, 0.3) is 0 Å². The van der Waals surface area contributed by atoms with Crippen LogP contribution in [-0.4, -0.2) is 11.9 Å². The molecule has 0 spiro atoms. The van der Waals surface area contributed by atoms with Crippen molar-refractivity contribution in [1.82, 2.24) is 0 Å². The topological polar surface area (TPSA) is 52.6 Å². The van der Waals surface area contributed by atoms with Crippen molar-refractivity contribution in [3.63, 3.8) is 0 Å². The van der Waals surface area contributed by atoms with Crippen LogP contribution in [0.25, 0.3) is 0 Å². The number of carbonyl (C=O) groups is 2. The first-order valence-electron chi connectivity index (χ1n) is 6.60. The largest absolute Gasteiger partial charge is 0.355 e. The van der Waals surface area contributed by atoms with Crippen LogP contribution in [0.3, 0.4) is 0 Å². The van der Waals surface area contributed by atoms with Gasteiger partial charge in [0.05, 0.1) is 12.8 Å². The molecule has 0 rings (SSSR count). The van der Waals surface area contributed by atoms with Crippen LogP contribution in [-0.2, 0) is 19.4 Å². The second-order valence-electron chi connectivity index (χ2n) is 4.18. The Hall–Kier alpha value is -1.06. The highest BCUT2D eigenvalue weighted by Gasteiger charge is 2.08. The lowest BCUT2D eigenvalue weighted by Gasteiger charge is -2.03. The normalized spacial score (nSPS) is 10.0. The van der Waals surface area contributed by atoms with Gasteiger partial charge in [0.1, 0.15) is 0 Å². The summed E-state index contributed by atoms with van der Waals surface area (Å²) in [6, 6.07) is 0. The van der Waals surface area contributed by atoms with E-state index < -0.39 is 11.9 Å². The first-order chi connectivity index (χ1) is 8.20. The van der Waals surface area contributed by atoms with Crippen molar-refractivity contribution in [2.24, 2.45) is 0 Å². The average molecular weight is 244 g/mol. The monoisotopic (exact) mass is 244 g/mol. The lowest BCUT2D eigenvalue weighted by molar-refractivity contribution is -0.259. The van der Waals surface area contributed by atoms with E-state index in [-0.39, 0.29) is 0 Å². The minimum atomic E-state index is -0.458. The number of hydrogen-bond acceptors (Lipinski definition) is 4. The van der Waals surface area contributed by atoms with Gasteiger partial charge in [-0.3, -0.25) is 0 Å². The molecule has 0 saturated carbocycles. The van der Waals surface area contributed by atoms with Crippen LogP contribution in [0.1, 0.15) is 71.6 Å². The molecule has 4 nitrogen and oxygen atoms in total. The van der Waals surface area contributed by atoms with E-state index in [0.29, 0.717) is 12.8 Å². The Balaban J connectivity index is 3.39. The zero-order chi connectivity index (χ0) is 12.9. The summed E-state index contributed by atoms with van der Waals surface area (Å²) in [5.74, 6) is -0.912. The fraction of sp³-hybridized carbons (Fsp3) is 0.846. The Morgan fingerprint density at radius 3 is 1.59 bits per heavy atom. The number of unbranched alkanes of at least 4 members (excludes halogenated alkanes) is 5. The molecule has 0 radical (unpaired) electrons. The van der Waals surface area contributed by atoms with Crippen molar-refractivity contribution < 1.29 is 19.4 Å². The highest BCUT2D eigenvalue weighted by molar-refractivity contribution is 5.72. The van der Waals surface area contributed by atoms with Gasteiger partial charge in [0.2, 0.25) is 0 Å². The molecule has 0 aliphatic heterocycles. The number of carbonyl (C=O) groups excluding carboxylic acids is 2. The van der Waals surface area contributed by atoms with E-state index in [1.165, 1.54) is 0 Å². The van der Waals surface area contributed by atoms with E-state index in [1.807, 2.05) is 0 Å². The van der Waals surface area contributed by atoms with Crippen molar-refractivity contribution in [2.75, 3.05) is 0 Å². The molecular weight excluding hydrogens is 220 g/mol. The quantitative estimate of drug-likeness (QED) is 0.353. The zero-order valence-corrected chi connectivity index (χ0v) is 11.0. The SMILES string of the molecule is CCCCCCC(=O)OOC(=O)CCCCC. The molecule has 17 heavy (non-hydrogen) atoms. The van der Waals surface area contributed by atoms with Gasteiger partial charge < -0.3 is 0 Å². The summed E-state index contributed by atoms with van der Waals surface area (Å²) in [7, 11) is 0. The van der Waals surface area contributed by atoms with E-state index in [2.05, 4.69) is 23.6 Å². The standard InChI is InChI=1S/C13H24O4/c1-3-5-7-9-11-13(15)17-16-12(14)10-8-6-4-2/h3-11H2,1-2H3. The summed E-state index contributed by atoms with van der Waals surface area (Å²) in [5.41, 5.74) is 0. The summed E-state index contributed by atoms with van der Waals surface area (Å²) < 4.78 is 0. The van der Waals surface area contributed by atoms with Crippen LogP contribution in [0.4, 0.5) is 0 Å². The first kappa shape index (κ1) is 15.9. The summed E-state index contributed by atoms with van der Waals surface area (Å²) in [5, 5.41) is 0. The third-order valence-corrected chi connectivity index (χ3v) is 2.45. The van der Waals surface area contributed by atoms with Crippen LogP contribution in [0, 0.1) is 0 Å². The third kappa shape index (κ3) is 11.2. The van der Waals surface area contributed by atoms with Gasteiger partial charge in [-0.15, -0.1) is 0 Å². The number of hydrogen-bond donors (Lipinski definition) is 0. The second kappa shape index (κ2) is 11.4. The molecule has 0 amide bonds. The van der Waals surface area contributed by atoms with Crippen LogP contribution in [0.5, 0.6) is 0 Å². The maximum Gasteiger partial charge on any atom is 0.355 e. The van der Waals surface area contributed by atoms with Gasteiger partial charge in [0, 0.05) is 0 Å². The molecule has 0 aromatic heterocycles. The van der Waals surface area contributed by atoms with Crippen LogP contribution in [0.15, 0.2) is 0 Å². The van der Waals surface area contributed by atoms with Gasteiger partial charge in [-0.05, 0) is 12.8 Å². The fourth-order valence-corrected chi connectivity index (χ4v) is 1.39. The predicted octanol–water partition coefficient (Wildman–Crippen LogP) is 3.54. The molecule has 0 aliphatic rings. The van der Waals surface area contributed by atoms with E-state index in [0.717, 1.165) is 44.9 Å². The molecule has 4 heteroatoms. The van der Waals surface area contributed by atoms with Gasteiger partial charge in [0.15, 0.2) is 0 Å². The molecule has 0 fully saturated rings. The summed E-state index contributed by atoms with van der Waals surface area (Å²) in [6.45, 7) is 4.16. The van der Waals surface area contributed by atoms with Gasteiger partial charge in [-0.2, -0.15) is 0 Å². The predicted molar refractivity (Wildman–Crippen MR) is 65.1 cm³/mol. The van der Waals surface area contributed by atoms with Crippen LogP contribution < -0.4 is 0 Å². The van der Waals surface area contributed by atoms with Crippen molar-refractivity contribution in [3.8, 4) is 0 Å². The molecule has 0 aliphatic carbocycles. The van der Waals surface area contributed by atoms with E-state index in [9.17, 15) is 9.59 Å². The second-order valence-corrected chi connectivity index (χ2v) is 4.18. The fourth-order valence-electron chi connectivity index (χ4n) is 1.39. The van der Waals surface area contributed by atoms with Crippen molar-refractivity contribution in [1.29, 1.82) is 0 Å². The molecule has 0 aromatic carbocycles. The van der Waals surface area contributed by atoms with Crippen LogP contribution >= 0.6 is 0 Å². The Morgan fingerprint density at radius 1 is 0.706 bits per heavy atom. The smallest absolute Gasteiger partial charge is 0.247 e. The lowest BCUT2D eigenvalue weighted by atomic mass is 10.2. The third-order valence-electron chi connectivity index (χ3n) is 2.45. The summed E-state index contributed by atoms with van der Waals surface area (Å²) >= 11 is 0. The molecule has 0 unspecified atom stereocenters. The first-order valence-corrected chi connectivity index (χ1v) is 6.60. The molecular formula is C13H24O4. The Bertz CT molecular complexity index is 213. The Kier molecular flexibility index (Phi) is 10.7. The molecule has 0 heterocycles. The molecule has 0 saturated heterocycles. The van der Waals surface area contributed by atoms with Crippen molar-refractivity contribution in [3.05, 3.63) is 0 Å². The van der Waals surface area contributed by atoms with Gasteiger partial charge in [-0.25, -0.2) is 19.4 Å². The van der Waals surface area contributed by atoms with Gasteiger partial charge in [-0.1, -0.05) is 46.0 Å². The van der Waals surface area contributed by atoms with Crippen molar-refractivity contribution >= 4 is 11.9 Å². The van der Waals surface area contributed by atoms with Crippen molar-refractivity contribution in [2.45, 2.75) is 71.6 Å². The average Bonchev–Trinajstić information content (AvgIpc) is 2.32. The minimum absolute atomic E-state index is 0.316.